The summed E-state index contributed by atoms with van der Waals surface area (Å²) in [5.74, 6) is -0.217. The lowest BCUT2D eigenvalue weighted by Gasteiger charge is -2.30. The van der Waals surface area contributed by atoms with E-state index in [0.29, 0.717) is 37.2 Å². The van der Waals surface area contributed by atoms with Crippen LogP contribution in [0.5, 0.6) is 0 Å². The zero-order valence-electron chi connectivity index (χ0n) is 16.6. The maximum atomic E-state index is 12.9. The molecule has 1 aromatic rings. The van der Waals surface area contributed by atoms with Gasteiger partial charge in [-0.25, -0.2) is 0 Å². The van der Waals surface area contributed by atoms with E-state index in [1.807, 2.05) is 24.0 Å². The number of piperidine rings is 2. The Morgan fingerprint density at radius 1 is 1.04 bits per heavy atom. The second kappa shape index (κ2) is 9.04. The van der Waals surface area contributed by atoms with Crippen LogP contribution in [0.4, 0.5) is 5.69 Å². The van der Waals surface area contributed by atoms with Crippen LogP contribution in [0.25, 0.3) is 0 Å². The van der Waals surface area contributed by atoms with Crippen molar-refractivity contribution in [3.63, 3.8) is 0 Å². The molecule has 0 aromatic heterocycles. The van der Waals surface area contributed by atoms with Gasteiger partial charge in [0.25, 0.3) is 5.91 Å². The molecule has 2 fully saturated rings. The third kappa shape index (κ3) is 4.61. The smallest absolute Gasteiger partial charge is 0.254 e. The minimum atomic E-state index is -0.128. The molecule has 150 valence electrons. The van der Waals surface area contributed by atoms with E-state index < -0.39 is 0 Å². The molecule has 1 aromatic carbocycles. The molecule has 0 unspecified atom stereocenters. The maximum Gasteiger partial charge on any atom is 0.254 e. The topological polar surface area (TPSA) is 69.7 Å². The van der Waals surface area contributed by atoms with Gasteiger partial charge in [-0.15, -0.1) is 0 Å². The lowest BCUT2D eigenvalue weighted by molar-refractivity contribution is -0.130. The minimum absolute atomic E-state index is 0.0459. The summed E-state index contributed by atoms with van der Waals surface area (Å²) in [5.41, 5.74) is 2.23. The summed E-state index contributed by atoms with van der Waals surface area (Å²) in [6, 6.07) is 5.52. The number of hydrogen-bond donors (Lipinski definition) is 1. The fourth-order valence-corrected chi connectivity index (χ4v) is 3.93. The quantitative estimate of drug-likeness (QED) is 0.813. The van der Waals surface area contributed by atoms with Crippen molar-refractivity contribution < 1.29 is 14.4 Å². The lowest BCUT2D eigenvalue weighted by Crippen LogP contribution is -2.40. The minimum Gasteiger partial charge on any atom is -0.339 e. The largest absolute Gasteiger partial charge is 0.339 e. The molecule has 2 saturated heterocycles. The van der Waals surface area contributed by atoms with Crippen molar-refractivity contribution in [3.05, 3.63) is 42.0 Å². The van der Waals surface area contributed by atoms with Gasteiger partial charge in [-0.05, 0) is 62.8 Å². The van der Waals surface area contributed by atoms with Crippen LogP contribution in [0.1, 0.15) is 48.0 Å². The highest BCUT2D eigenvalue weighted by Gasteiger charge is 2.27. The number of hydrogen-bond acceptors (Lipinski definition) is 3. The number of carbonyl (C=O) groups excluding carboxylic acids is 3. The van der Waals surface area contributed by atoms with Gasteiger partial charge in [-0.2, -0.15) is 0 Å². The summed E-state index contributed by atoms with van der Waals surface area (Å²) < 4.78 is 0. The van der Waals surface area contributed by atoms with Crippen molar-refractivity contribution in [3.8, 4) is 0 Å². The van der Waals surface area contributed by atoms with Crippen molar-refractivity contribution in [2.24, 2.45) is 5.92 Å². The molecule has 0 aliphatic carbocycles. The molecule has 0 atom stereocenters. The van der Waals surface area contributed by atoms with E-state index in [0.717, 1.165) is 31.5 Å². The van der Waals surface area contributed by atoms with Gasteiger partial charge in [-0.1, -0.05) is 12.6 Å². The number of likely N-dealkylation sites (tertiary alicyclic amines) is 2. The van der Waals surface area contributed by atoms with Crippen LogP contribution in [-0.4, -0.2) is 53.7 Å². The predicted molar refractivity (Wildman–Crippen MR) is 109 cm³/mol. The van der Waals surface area contributed by atoms with Gasteiger partial charge >= 0.3 is 0 Å². The molecule has 3 amide bonds. The first-order valence-corrected chi connectivity index (χ1v) is 10.1. The highest BCUT2D eigenvalue weighted by atomic mass is 16.2. The summed E-state index contributed by atoms with van der Waals surface area (Å²) in [5, 5.41) is 2.96. The fourth-order valence-electron chi connectivity index (χ4n) is 3.93. The standard InChI is InChI=1S/C22H29N3O3/c1-3-20(26)24-13-9-17(10-14-24)21(27)23-18-8-7-16(2)19(15-18)22(28)25-11-5-4-6-12-25/h3,7-8,15,17H,1,4-6,9-14H2,2H3,(H,23,27). The summed E-state index contributed by atoms with van der Waals surface area (Å²) >= 11 is 0. The third-order valence-electron chi connectivity index (χ3n) is 5.73. The van der Waals surface area contributed by atoms with Gasteiger partial charge < -0.3 is 15.1 Å². The van der Waals surface area contributed by atoms with Crippen LogP contribution in [0.15, 0.2) is 30.9 Å². The molecule has 0 bridgehead atoms. The van der Waals surface area contributed by atoms with E-state index in [9.17, 15) is 14.4 Å². The summed E-state index contributed by atoms with van der Waals surface area (Å²) in [6.45, 7) is 8.17. The Morgan fingerprint density at radius 3 is 2.36 bits per heavy atom. The lowest BCUT2D eigenvalue weighted by atomic mass is 9.95. The van der Waals surface area contributed by atoms with E-state index in [1.54, 1.807) is 11.0 Å². The molecule has 2 heterocycles. The molecule has 0 spiro atoms. The van der Waals surface area contributed by atoms with Crippen LogP contribution in [0.3, 0.4) is 0 Å². The first kappa shape index (κ1) is 20.1. The Balaban J connectivity index is 1.63. The van der Waals surface area contributed by atoms with Crippen molar-refractivity contribution in [1.29, 1.82) is 0 Å². The van der Waals surface area contributed by atoms with Crippen molar-refractivity contribution >= 4 is 23.4 Å². The van der Waals surface area contributed by atoms with Gasteiger partial charge in [0.05, 0.1) is 0 Å². The van der Waals surface area contributed by atoms with Gasteiger partial charge in [0.2, 0.25) is 11.8 Å². The third-order valence-corrected chi connectivity index (χ3v) is 5.73. The molecule has 0 saturated carbocycles. The number of benzene rings is 1. The number of amides is 3. The number of aryl methyl sites for hydroxylation is 1. The van der Waals surface area contributed by atoms with Gasteiger partial charge in [-0.3, -0.25) is 14.4 Å². The fraction of sp³-hybridized carbons (Fsp3) is 0.500. The van der Waals surface area contributed by atoms with Crippen LogP contribution in [0.2, 0.25) is 0 Å². The van der Waals surface area contributed by atoms with E-state index in [-0.39, 0.29) is 23.6 Å². The highest BCUT2D eigenvalue weighted by molar-refractivity contribution is 5.99. The molecule has 2 aliphatic heterocycles. The number of nitrogens with zero attached hydrogens (tertiary/aromatic N) is 2. The highest BCUT2D eigenvalue weighted by Crippen LogP contribution is 2.23. The molecule has 3 rings (SSSR count). The second-order valence-corrected chi connectivity index (χ2v) is 7.68. The molecular weight excluding hydrogens is 354 g/mol. The van der Waals surface area contributed by atoms with Crippen LogP contribution in [0, 0.1) is 12.8 Å². The summed E-state index contributed by atoms with van der Waals surface area (Å²) in [4.78, 5) is 40.8. The Morgan fingerprint density at radius 2 is 1.71 bits per heavy atom. The van der Waals surface area contributed by atoms with Gasteiger partial charge in [0, 0.05) is 43.3 Å². The average Bonchev–Trinajstić information content (AvgIpc) is 2.74. The van der Waals surface area contributed by atoms with E-state index >= 15 is 0 Å². The van der Waals surface area contributed by atoms with Crippen LogP contribution in [-0.2, 0) is 9.59 Å². The maximum absolute atomic E-state index is 12.9. The molecule has 2 aliphatic rings. The zero-order chi connectivity index (χ0) is 20.1. The Bertz CT molecular complexity index is 760. The molecular formula is C22H29N3O3. The van der Waals surface area contributed by atoms with E-state index in [1.165, 1.54) is 12.5 Å². The molecule has 1 N–H and O–H groups in total. The predicted octanol–water partition coefficient (Wildman–Crippen LogP) is 2.98. The number of rotatable bonds is 4. The molecule has 6 heteroatoms. The van der Waals surface area contributed by atoms with E-state index in [4.69, 9.17) is 0 Å². The Kier molecular flexibility index (Phi) is 6.49. The molecule has 6 nitrogen and oxygen atoms in total. The Hall–Kier alpha value is -2.63. The van der Waals surface area contributed by atoms with Crippen LogP contribution < -0.4 is 5.32 Å². The van der Waals surface area contributed by atoms with Crippen molar-refractivity contribution in [2.75, 3.05) is 31.5 Å². The summed E-state index contributed by atoms with van der Waals surface area (Å²) in [6.07, 6.45) is 5.86. The second-order valence-electron chi connectivity index (χ2n) is 7.68. The van der Waals surface area contributed by atoms with E-state index in [2.05, 4.69) is 11.9 Å². The summed E-state index contributed by atoms with van der Waals surface area (Å²) in [7, 11) is 0. The average molecular weight is 383 g/mol. The van der Waals surface area contributed by atoms with Crippen molar-refractivity contribution in [1.82, 2.24) is 9.80 Å². The monoisotopic (exact) mass is 383 g/mol. The van der Waals surface area contributed by atoms with Gasteiger partial charge in [0.15, 0.2) is 0 Å². The molecule has 0 radical (unpaired) electrons. The van der Waals surface area contributed by atoms with Gasteiger partial charge in [0.1, 0.15) is 0 Å². The zero-order valence-corrected chi connectivity index (χ0v) is 16.6. The number of nitrogens with one attached hydrogen (secondary N) is 1. The molecule has 28 heavy (non-hydrogen) atoms. The van der Waals surface area contributed by atoms with Crippen LogP contribution >= 0.6 is 0 Å². The normalized spacial score (nSPS) is 17.9. The Labute approximate surface area is 166 Å². The first-order chi connectivity index (χ1) is 13.5. The van der Waals surface area contributed by atoms with Crippen molar-refractivity contribution in [2.45, 2.75) is 39.0 Å². The number of anilines is 1. The SMILES string of the molecule is C=CC(=O)N1CCC(C(=O)Nc2ccc(C)c(C(=O)N3CCCCC3)c2)CC1. The first-order valence-electron chi connectivity index (χ1n) is 10.1. The number of carbonyl (C=O) groups is 3.